The number of aliphatic hydroxyl groups is 1. The molecule has 0 aromatic rings. The van der Waals surface area contributed by atoms with E-state index in [9.17, 15) is 9.18 Å². The predicted molar refractivity (Wildman–Crippen MR) is 27.3 cm³/mol. The van der Waals surface area contributed by atoms with Crippen molar-refractivity contribution in [1.29, 1.82) is 0 Å². The highest BCUT2D eigenvalue weighted by Gasteiger charge is 2.17. The van der Waals surface area contributed by atoms with Gasteiger partial charge in [0.05, 0.1) is 6.10 Å². The Balaban J connectivity index is 3.64. The Bertz CT molecular complexity index is 90.4. The van der Waals surface area contributed by atoms with Crippen LogP contribution >= 0.6 is 0 Å². The van der Waals surface area contributed by atoms with Crippen molar-refractivity contribution in [2.75, 3.05) is 0 Å². The third kappa shape index (κ3) is 2.02. The van der Waals surface area contributed by atoms with Gasteiger partial charge in [-0.15, -0.1) is 0 Å². The highest BCUT2D eigenvalue weighted by molar-refractivity contribution is 5.80. The second kappa shape index (κ2) is 2.77. The van der Waals surface area contributed by atoms with Gasteiger partial charge in [-0.1, -0.05) is 0 Å². The molecule has 0 amide bonds. The number of carbonyl (C=O) groups is 1. The van der Waals surface area contributed by atoms with Crippen LogP contribution in [0.5, 0.6) is 0 Å². The Morgan fingerprint density at radius 2 is 2.12 bits per heavy atom. The smallest absolute Gasteiger partial charge is 0.183 e. The van der Waals surface area contributed by atoms with Crippen LogP contribution < -0.4 is 0 Å². The Hall–Kier alpha value is -0.440. The van der Waals surface area contributed by atoms with E-state index in [1.165, 1.54) is 6.92 Å². The van der Waals surface area contributed by atoms with E-state index in [4.69, 9.17) is 5.11 Å². The largest absolute Gasteiger partial charge is 0.390 e. The number of rotatable bonds is 2. The number of hydrogen-bond acceptors (Lipinski definition) is 2. The van der Waals surface area contributed by atoms with Crippen LogP contribution in [0.4, 0.5) is 4.39 Å². The molecule has 0 spiro atoms. The summed E-state index contributed by atoms with van der Waals surface area (Å²) in [4.78, 5) is 10.1. The van der Waals surface area contributed by atoms with Gasteiger partial charge in [0.2, 0.25) is 0 Å². The normalized spacial score (nSPS) is 17.5. The molecule has 0 radical (unpaired) electrons. The van der Waals surface area contributed by atoms with Gasteiger partial charge in [-0.2, -0.15) is 0 Å². The summed E-state index contributed by atoms with van der Waals surface area (Å²) in [7, 11) is 0. The van der Waals surface area contributed by atoms with Crippen LogP contribution in [0.1, 0.15) is 13.8 Å². The lowest BCUT2D eigenvalue weighted by Gasteiger charge is -2.04. The van der Waals surface area contributed by atoms with Crippen LogP contribution in [0.25, 0.3) is 0 Å². The second-order valence-electron chi connectivity index (χ2n) is 1.75. The molecule has 0 aromatic carbocycles. The monoisotopic (exact) mass is 120 g/mol. The van der Waals surface area contributed by atoms with E-state index >= 15 is 0 Å². The molecular weight excluding hydrogens is 111 g/mol. The zero-order chi connectivity index (χ0) is 6.73. The first-order valence-electron chi connectivity index (χ1n) is 2.38. The topological polar surface area (TPSA) is 37.3 Å². The Labute approximate surface area is 47.3 Å². The second-order valence-corrected chi connectivity index (χ2v) is 1.75. The molecule has 8 heavy (non-hydrogen) atoms. The molecule has 2 atom stereocenters. The number of aliphatic hydroxyl groups excluding tert-OH is 1. The maximum Gasteiger partial charge on any atom is 0.183 e. The number of Topliss-reactive ketones (excluding diaryl/α,β-unsaturated/α-hetero) is 1. The highest BCUT2D eigenvalue weighted by atomic mass is 19.1. The van der Waals surface area contributed by atoms with Gasteiger partial charge in [0.25, 0.3) is 0 Å². The van der Waals surface area contributed by atoms with Crippen molar-refractivity contribution in [2.24, 2.45) is 0 Å². The summed E-state index contributed by atoms with van der Waals surface area (Å²) in [6.07, 6.45) is -2.89. The predicted octanol–water partition coefficient (Wildman–Crippen LogP) is 0.294. The minimum absolute atomic E-state index is 0.625. The molecule has 2 unspecified atom stereocenters. The molecule has 0 bridgehead atoms. The van der Waals surface area contributed by atoms with E-state index < -0.39 is 18.1 Å². The van der Waals surface area contributed by atoms with Gasteiger partial charge in [0.1, 0.15) is 0 Å². The summed E-state index contributed by atoms with van der Waals surface area (Å²) in [5.41, 5.74) is 0. The van der Waals surface area contributed by atoms with E-state index in [0.29, 0.717) is 0 Å². The average molecular weight is 120 g/mol. The minimum Gasteiger partial charge on any atom is -0.390 e. The van der Waals surface area contributed by atoms with Crippen LogP contribution in [-0.2, 0) is 4.79 Å². The molecule has 48 valence electrons. The number of alkyl halides is 1. The van der Waals surface area contributed by atoms with Crippen molar-refractivity contribution in [1.82, 2.24) is 0 Å². The van der Waals surface area contributed by atoms with Crippen molar-refractivity contribution in [3.05, 3.63) is 0 Å². The molecule has 0 aliphatic heterocycles. The van der Waals surface area contributed by atoms with Gasteiger partial charge in [0, 0.05) is 0 Å². The number of ketones is 1. The molecule has 0 saturated carbocycles. The zero-order valence-corrected chi connectivity index (χ0v) is 4.89. The van der Waals surface area contributed by atoms with Gasteiger partial charge in [0.15, 0.2) is 12.0 Å². The van der Waals surface area contributed by atoms with Gasteiger partial charge < -0.3 is 5.11 Å². The molecular formula is C5H9FO2. The summed E-state index contributed by atoms with van der Waals surface area (Å²) >= 11 is 0. The summed E-state index contributed by atoms with van der Waals surface area (Å²) in [5, 5.41) is 8.40. The van der Waals surface area contributed by atoms with Crippen LogP contribution in [0.3, 0.4) is 0 Å². The molecule has 0 aliphatic carbocycles. The van der Waals surface area contributed by atoms with Crippen LogP contribution in [0.15, 0.2) is 0 Å². The maximum atomic E-state index is 12.0. The summed E-state index contributed by atoms with van der Waals surface area (Å²) in [6.45, 7) is 2.35. The lowest BCUT2D eigenvalue weighted by molar-refractivity contribution is -0.125. The summed E-state index contributed by atoms with van der Waals surface area (Å²) in [6, 6.07) is 0. The first-order valence-corrected chi connectivity index (χ1v) is 2.38. The number of halogens is 1. The molecule has 2 nitrogen and oxygen atoms in total. The molecule has 1 N–H and O–H groups in total. The van der Waals surface area contributed by atoms with E-state index in [-0.39, 0.29) is 0 Å². The Kier molecular flexibility index (Phi) is 2.62. The fraction of sp³-hybridized carbons (Fsp3) is 0.800. The van der Waals surface area contributed by atoms with Crippen molar-refractivity contribution >= 4 is 5.78 Å². The Morgan fingerprint density at radius 1 is 1.75 bits per heavy atom. The molecule has 0 saturated heterocycles. The summed E-state index contributed by atoms with van der Waals surface area (Å²) in [5.74, 6) is -0.625. The van der Waals surface area contributed by atoms with Gasteiger partial charge in [-0.3, -0.25) is 4.79 Å². The molecule has 0 heterocycles. The lowest BCUT2D eigenvalue weighted by atomic mass is 10.2. The zero-order valence-electron chi connectivity index (χ0n) is 4.89. The SMILES string of the molecule is CC(=O)C(F)C(C)O. The quantitative estimate of drug-likeness (QED) is 0.568. The van der Waals surface area contributed by atoms with E-state index in [0.717, 1.165) is 6.92 Å². The first-order chi connectivity index (χ1) is 3.55. The van der Waals surface area contributed by atoms with Crippen molar-refractivity contribution in [3.8, 4) is 0 Å². The molecule has 0 fully saturated rings. The minimum atomic E-state index is -1.71. The number of carbonyl (C=O) groups excluding carboxylic acids is 1. The molecule has 0 aromatic heterocycles. The van der Waals surface area contributed by atoms with Crippen molar-refractivity contribution in [2.45, 2.75) is 26.1 Å². The Morgan fingerprint density at radius 3 is 2.12 bits per heavy atom. The molecule has 0 rings (SSSR count). The fourth-order valence-electron chi connectivity index (χ4n) is 0.340. The van der Waals surface area contributed by atoms with Gasteiger partial charge in [-0.05, 0) is 13.8 Å². The van der Waals surface area contributed by atoms with Crippen molar-refractivity contribution < 1.29 is 14.3 Å². The van der Waals surface area contributed by atoms with E-state index in [1.807, 2.05) is 0 Å². The van der Waals surface area contributed by atoms with Crippen LogP contribution in [-0.4, -0.2) is 23.2 Å². The van der Waals surface area contributed by atoms with E-state index in [1.54, 1.807) is 0 Å². The van der Waals surface area contributed by atoms with Crippen LogP contribution in [0.2, 0.25) is 0 Å². The van der Waals surface area contributed by atoms with Gasteiger partial charge >= 0.3 is 0 Å². The number of hydrogen-bond donors (Lipinski definition) is 1. The fourth-order valence-corrected chi connectivity index (χ4v) is 0.340. The third-order valence-corrected chi connectivity index (χ3v) is 0.812. The van der Waals surface area contributed by atoms with Crippen LogP contribution in [0, 0.1) is 0 Å². The van der Waals surface area contributed by atoms with E-state index in [2.05, 4.69) is 0 Å². The molecule has 3 heteroatoms. The maximum absolute atomic E-state index is 12.0. The first kappa shape index (κ1) is 7.56. The standard InChI is InChI=1S/C5H9FO2/c1-3(7)5(6)4(2)8/h3,5,7H,1-2H3. The third-order valence-electron chi connectivity index (χ3n) is 0.812. The summed E-state index contributed by atoms with van der Waals surface area (Å²) < 4.78 is 12.0. The van der Waals surface area contributed by atoms with Gasteiger partial charge in [-0.25, -0.2) is 4.39 Å². The molecule has 0 aliphatic rings. The van der Waals surface area contributed by atoms with Crippen molar-refractivity contribution in [3.63, 3.8) is 0 Å². The highest BCUT2D eigenvalue weighted by Crippen LogP contribution is 1.97. The lowest BCUT2D eigenvalue weighted by Crippen LogP contribution is -2.24. The average Bonchev–Trinajstić information content (AvgIpc) is 1.64.